The summed E-state index contributed by atoms with van der Waals surface area (Å²) in [5.41, 5.74) is -0.265. The van der Waals surface area contributed by atoms with Gasteiger partial charge in [0.1, 0.15) is 5.82 Å². The van der Waals surface area contributed by atoms with Crippen LogP contribution in [0.5, 0.6) is 0 Å². The van der Waals surface area contributed by atoms with Crippen LogP contribution in [0.3, 0.4) is 0 Å². The summed E-state index contributed by atoms with van der Waals surface area (Å²) in [6.07, 6.45) is -1.02. The molecule has 0 spiro atoms. The number of carboxylic acid groups (broad SMARTS) is 1. The highest BCUT2D eigenvalue weighted by molar-refractivity contribution is 5.89. The Morgan fingerprint density at radius 2 is 2.00 bits per heavy atom. The maximum Gasteiger partial charge on any atom is 0.336 e. The molecule has 0 aliphatic carbocycles. The summed E-state index contributed by atoms with van der Waals surface area (Å²) < 4.78 is 23.1. The minimum atomic E-state index is -1.22. The molecule has 0 saturated carbocycles. The number of aromatic carboxylic acids is 1. The van der Waals surface area contributed by atoms with Crippen molar-refractivity contribution in [3.05, 3.63) is 35.1 Å². The van der Waals surface area contributed by atoms with Gasteiger partial charge in [0.15, 0.2) is 6.29 Å². The van der Waals surface area contributed by atoms with Crippen LogP contribution < -0.4 is 0 Å². The third kappa shape index (κ3) is 2.31. The molecule has 5 heteroatoms. The number of halogens is 1. The first-order valence-corrected chi connectivity index (χ1v) is 4.19. The fraction of sp³-hybridized carbons (Fsp3) is 0.300. The number of ether oxygens (including phenoxy) is 2. The number of carboxylic acids is 1. The second-order valence-corrected chi connectivity index (χ2v) is 2.81. The molecule has 0 atom stereocenters. The van der Waals surface area contributed by atoms with Crippen LogP contribution in [0, 0.1) is 5.82 Å². The van der Waals surface area contributed by atoms with Gasteiger partial charge in [-0.3, -0.25) is 0 Å². The number of hydrogen-bond acceptors (Lipinski definition) is 3. The fourth-order valence-corrected chi connectivity index (χ4v) is 1.30. The van der Waals surface area contributed by atoms with Crippen LogP contribution in [0.2, 0.25) is 0 Å². The van der Waals surface area contributed by atoms with Gasteiger partial charge in [-0.2, -0.15) is 0 Å². The van der Waals surface area contributed by atoms with Gasteiger partial charge in [0.05, 0.1) is 11.1 Å². The van der Waals surface area contributed by atoms with Crippen molar-refractivity contribution in [3.8, 4) is 0 Å². The van der Waals surface area contributed by atoms with E-state index in [-0.39, 0.29) is 11.1 Å². The van der Waals surface area contributed by atoms with Gasteiger partial charge in [0, 0.05) is 14.2 Å². The van der Waals surface area contributed by atoms with Gasteiger partial charge >= 0.3 is 5.97 Å². The number of hydrogen-bond donors (Lipinski definition) is 1. The standard InChI is InChI=1S/C10H11FO4/c1-14-10(15-2)8-6(9(12)13)4-3-5-7(8)11/h3-5,10H,1-2H3,(H,12,13). The molecule has 0 fully saturated rings. The van der Waals surface area contributed by atoms with E-state index in [2.05, 4.69) is 0 Å². The van der Waals surface area contributed by atoms with E-state index < -0.39 is 18.1 Å². The molecule has 1 aromatic carbocycles. The monoisotopic (exact) mass is 214 g/mol. The maximum atomic E-state index is 13.4. The highest BCUT2D eigenvalue weighted by atomic mass is 19.1. The predicted octanol–water partition coefficient (Wildman–Crippen LogP) is 1.82. The number of carbonyl (C=O) groups is 1. The van der Waals surface area contributed by atoms with Gasteiger partial charge in [-0.05, 0) is 12.1 Å². The summed E-state index contributed by atoms with van der Waals surface area (Å²) in [5, 5.41) is 8.85. The maximum absolute atomic E-state index is 13.4. The Bertz CT molecular complexity index is 360. The molecule has 4 nitrogen and oxygen atoms in total. The molecule has 0 radical (unpaired) electrons. The van der Waals surface area contributed by atoms with E-state index in [0.29, 0.717) is 0 Å². The molecule has 0 aliphatic rings. The quantitative estimate of drug-likeness (QED) is 0.776. The molecule has 0 aliphatic heterocycles. The summed E-state index contributed by atoms with van der Waals surface area (Å²) in [4.78, 5) is 10.8. The summed E-state index contributed by atoms with van der Waals surface area (Å²) >= 11 is 0. The molecule has 1 N–H and O–H groups in total. The molecule has 0 aromatic heterocycles. The average Bonchev–Trinajstić information content (AvgIpc) is 2.21. The van der Waals surface area contributed by atoms with Crippen molar-refractivity contribution >= 4 is 5.97 Å². The van der Waals surface area contributed by atoms with Gasteiger partial charge in [-0.1, -0.05) is 6.07 Å². The zero-order valence-corrected chi connectivity index (χ0v) is 8.36. The van der Waals surface area contributed by atoms with Gasteiger partial charge in [-0.25, -0.2) is 9.18 Å². The summed E-state index contributed by atoms with van der Waals surface area (Å²) in [6, 6.07) is 3.78. The van der Waals surface area contributed by atoms with Crippen molar-refractivity contribution in [1.82, 2.24) is 0 Å². The van der Waals surface area contributed by atoms with Gasteiger partial charge in [0.2, 0.25) is 0 Å². The lowest BCUT2D eigenvalue weighted by molar-refractivity contribution is -0.108. The van der Waals surface area contributed by atoms with E-state index in [1.807, 2.05) is 0 Å². The molecule has 15 heavy (non-hydrogen) atoms. The first-order valence-electron chi connectivity index (χ1n) is 4.19. The lowest BCUT2D eigenvalue weighted by Crippen LogP contribution is -2.12. The van der Waals surface area contributed by atoms with Crippen molar-refractivity contribution in [2.24, 2.45) is 0 Å². The van der Waals surface area contributed by atoms with E-state index >= 15 is 0 Å². The molecule has 0 amide bonds. The zero-order valence-electron chi connectivity index (χ0n) is 8.36. The summed E-state index contributed by atoms with van der Waals surface area (Å²) in [5.74, 6) is -1.88. The average molecular weight is 214 g/mol. The van der Waals surface area contributed by atoms with E-state index in [9.17, 15) is 9.18 Å². The summed E-state index contributed by atoms with van der Waals surface area (Å²) in [7, 11) is 2.62. The van der Waals surface area contributed by atoms with Crippen molar-refractivity contribution < 1.29 is 23.8 Å². The van der Waals surface area contributed by atoms with E-state index in [0.717, 1.165) is 6.07 Å². The molecule has 0 unspecified atom stereocenters. The Balaban J connectivity index is 3.29. The number of methoxy groups -OCH3 is 2. The molecule has 82 valence electrons. The fourth-order valence-electron chi connectivity index (χ4n) is 1.30. The minimum absolute atomic E-state index is 0.102. The van der Waals surface area contributed by atoms with E-state index in [4.69, 9.17) is 14.6 Å². The van der Waals surface area contributed by atoms with Crippen LogP contribution in [0.1, 0.15) is 22.2 Å². The van der Waals surface area contributed by atoms with Crippen LogP contribution in [0.4, 0.5) is 4.39 Å². The van der Waals surface area contributed by atoms with Crippen LogP contribution >= 0.6 is 0 Å². The molecule has 0 saturated heterocycles. The van der Waals surface area contributed by atoms with Crippen LogP contribution in [-0.4, -0.2) is 25.3 Å². The third-order valence-electron chi connectivity index (χ3n) is 1.95. The lowest BCUT2D eigenvalue weighted by atomic mass is 10.1. The number of benzene rings is 1. The van der Waals surface area contributed by atoms with Crippen LogP contribution in [0.15, 0.2) is 18.2 Å². The van der Waals surface area contributed by atoms with Gasteiger partial charge in [0.25, 0.3) is 0 Å². The second-order valence-electron chi connectivity index (χ2n) is 2.81. The highest BCUT2D eigenvalue weighted by Gasteiger charge is 2.22. The second kappa shape index (κ2) is 4.86. The molecule has 0 heterocycles. The van der Waals surface area contributed by atoms with Crippen molar-refractivity contribution in [1.29, 1.82) is 0 Å². The minimum Gasteiger partial charge on any atom is -0.478 e. The first kappa shape index (κ1) is 11.6. The van der Waals surface area contributed by atoms with Crippen molar-refractivity contribution in [3.63, 3.8) is 0 Å². The highest BCUT2D eigenvalue weighted by Crippen LogP contribution is 2.24. The molecule has 1 aromatic rings. The zero-order chi connectivity index (χ0) is 11.4. The Labute approximate surface area is 86.2 Å². The van der Waals surface area contributed by atoms with Crippen LogP contribution in [-0.2, 0) is 9.47 Å². The van der Waals surface area contributed by atoms with Crippen LogP contribution in [0.25, 0.3) is 0 Å². The Kier molecular flexibility index (Phi) is 3.76. The predicted molar refractivity (Wildman–Crippen MR) is 50.1 cm³/mol. The normalized spacial score (nSPS) is 10.7. The molecule has 0 bridgehead atoms. The Hall–Kier alpha value is -1.46. The summed E-state index contributed by atoms with van der Waals surface area (Å²) in [6.45, 7) is 0. The molecular weight excluding hydrogens is 203 g/mol. The topological polar surface area (TPSA) is 55.8 Å². The number of rotatable bonds is 4. The smallest absolute Gasteiger partial charge is 0.336 e. The Morgan fingerprint density at radius 1 is 1.40 bits per heavy atom. The van der Waals surface area contributed by atoms with E-state index in [1.165, 1.54) is 26.4 Å². The van der Waals surface area contributed by atoms with E-state index in [1.54, 1.807) is 0 Å². The molecule has 1 rings (SSSR count). The SMILES string of the molecule is COC(OC)c1c(F)cccc1C(=O)O. The Morgan fingerprint density at radius 3 is 2.47 bits per heavy atom. The molecular formula is C10H11FO4. The first-order chi connectivity index (χ1) is 7.11. The lowest BCUT2D eigenvalue weighted by Gasteiger charge is -2.16. The van der Waals surface area contributed by atoms with Crippen molar-refractivity contribution in [2.45, 2.75) is 6.29 Å². The largest absolute Gasteiger partial charge is 0.478 e. The van der Waals surface area contributed by atoms with Gasteiger partial charge in [-0.15, -0.1) is 0 Å². The van der Waals surface area contributed by atoms with Gasteiger partial charge < -0.3 is 14.6 Å². The van der Waals surface area contributed by atoms with Crippen molar-refractivity contribution in [2.75, 3.05) is 14.2 Å². The third-order valence-corrected chi connectivity index (χ3v) is 1.95.